The number of para-hydroxylation sites is 2. The monoisotopic (exact) mass is 510 g/mol. The Hall–Kier alpha value is -5.41. The Morgan fingerprint density at radius 3 is 1.98 bits per heavy atom. The number of furan rings is 1. The van der Waals surface area contributed by atoms with Crippen LogP contribution < -0.4 is 0 Å². The van der Waals surface area contributed by atoms with Crippen molar-refractivity contribution in [1.29, 1.82) is 0 Å². The Kier molecular flexibility index (Phi) is 4.33. The number of hydrogen-bond donors (Lipinski definition) is 0. The Labute approximate surface area is 229 Å². The first-order valence-corrected chi connectivity index (χ1v) is 13.6. The van der Waals surface area contributed by atoms with Crippen molar-refractivity contribution in [3.05, 3.63) is 133 Å². The van der Waals surface area contributed by atoms with Crippen LogP contribution in [-0.2, 0) is 0 Å². The summed E-state index contributed by atoms with van der Waals surface area (Å²) in [6.07, 6.45) is 0. The van der Waals surface area contributed by atoms with Crippen molar-refractivity contribution in [3.63, 3.8) is 0 Å². The average molecular weight is 511 g/mol. The van der Waals surface area contributed by atoms with Crippen LogP contribution in [0.5, 0.6) is 0 Å². The maximum Gasteiger partial charge on any atom is 0.160 e. The molecule has 0 radical (unpaired) electrons. The van der Waals surface area contributed by atoms with Crippen LogP contribution in [0.4, 0.5) is 0 Å². The van der Waals surface area contributed by atoms with E-state index >= 15 is 0 Å². The van der Waals surface area contributed by atoms with Crippen molar-refractivity contribution in [3.8, 4) is 17.1 Å². The van der Waals surface area contributed by atoms with Gasteiger partial charge in [0.2, 0.25) is 0 Å². The first-order chi connectivity index (χ1) is 19.9. The second kappa shape index (κ2) is 8.05. The molecule has 0 aliphatic rings. The lowest BCUT2D eigenvalue weighted by Crippen LogP contribution is -2.00. The lowest BCUT2D eigenvalue weighted by Gasteiger charge is -2.13. The molecule has 0 amide bonds. The lowest BCUT2D eigenvalue weighted by atomic mass is 9.99. The molecule has 0 bridgehead atoms. The predicted octanol–water partition coefficient (Wildman–Crippen LogP) is 10.1. The molecule has 3 heteroatoms. The third-order valence-corrected chi connectivity index (χ3v) is 8.15. The van der Waals surface area contributed by atoms with Gasteiger partial charge in [-0.05, 0) is 34.4 Å². The Balaban J connectivity index is 1.54. The summed E-state index contributed by atoms with van der Waals surface area (Å²) in [4.78, 5) is 5.38. The van der Waals surface area contributed by atoms with E-state index in [9.17, 15) is 0 Å². The summed E-state index contributed by atoms with van der Waals surface area (Å²) >= 11 is 0. The van der Waals surface area contributed by atoms with Crippen molar-refractivity contribution < 1.29 is 4.42 Å². The number of nitrogens with zero attached hydrogens (tertiary/aromatic N) is 2. The predicted molar refractivity (Wildman–Crippen MR) is 166 cm³/mol. The quantitative estimate of drug-likeness (QED) is 0.232. The van der Waals surface area contributed by atoms with Gasteiger partial charge in [-0.2, -0.15) is 0 Å². The smallest absolute Gasteiger partial charge is 0.160 e. The zero-order chi connectivity index (χ0) is 26.2. The number of fused-ring (bicyclic) bond motifs is 11. The Morgan fingerprint density at radius 1 is 0.525 bits per heavy atom. The van der Waals surface area contributed by atoms with Gasteiger partial charge in [-0.25, -0.2) is 4.98 Å². The maximum atomic E-state index is 6.72. The first-order valence-electron chi connectivity index (χ1n) is 13.6. The van der Waals surface area contributed by atoms with Crippen molar-refractivity contribution in [1.82, 2.24) is 9.55 Å². The Bertz CT molecular complexity index is 2430. The molecule has 0 fully saturated rings. The molecule has 3 heterocycles. The summed E-state index contributed by atoms with van der Waals surface area (Å²) in [5.41, 5.74) is 6.01. The molecule has 0 saturated carbocycles. The molecule has 6 aromatic carbocycles. The highest BCUT2D eigenvalue weighted by Gasteiger charge is 2.23. The molecule has 0 spiro atoms. The largest absolute Gasteiger partial charge is 0.454 e. The van der Waals surface area contributed by atoms with E-state index in [0.29, 0.717) is 0 Å². The average Bonchev–Trinajstić information content (AvgIpc) is 3.58. The van der Waals surface area contributed by atoms with E-state index in [-0.39, 0.29) is 0 Å². The van der Waals surface area contributed by atoms with Gasteiger partial charge in [0.15, 0.2) is 5.58 Å². The molecule has 9 aromatic rings. The minimum Gasteiger partial charge on any atom is -0.454 e. The second-order valence-corrected chi connectivity index (χ2v) is 10.3. The highest BCUT2D eigenvalue weighted by atomic mass is 16.3. The Morgan fingerprint density at radius 2 is 1.15 bits per heavy atom. The number of hydrogen-bond acceptors (Lipinski definition) is 2. The third kappa shape index (κ3) is 2.86. The molecule has 0 unspecified atom stereocenters. The van der Waals surface area contributed by atoms with Gasteiger partial charge in [0.25, 0.3) is 0 Å². The summed E-state index contributed by atoms with van der Waals surface area (Å²) in [7, 11) is 0. The van der Waals surface area contributed by atoms with Gasteiger partial charge in [-0.1, -0.05) is 115 Å². The highest BCUT2D eigenvalue weighted by Crippen LogP contribution is 2.45. The number of rotatable bonds is 2. The molecule has 3 nitrogen and oxygen atoms in total. The highest BCUT2D eigenvalue weighted by molar-refractivity contribution is 6.35. The molecule has 0 N–H and O–H groups in total. The molecule has 0 saturated heterocycles. The summed E-state index contributed by atoms with van der Waals surface area (Å²) < 4.78 is 9.03. The topological polar surface area (TPSA) is 31.0 Å². The number of aromatic nitrogens is 2. The summed E-state index contributed by atoms with van der Waals surface area (Å²) in [5, 5.41) is 9.36. The molecule has 9 rings (SSSR count). The van der Waals surface area contributed by atoms with Crippen molar-refractivity contribution >= 4 is 65.3 Å². The van der Waals surface area contributed by atoms with Crippen LogP contribution in [0.1, 0.15) is 0 Å². The molecule has 3 aromatic heterocycles. The van der Waals surface area contributed by atoms with Crippen LogP contribution in [0.3, 0.4) is 0 Å². The molecule has 186 valence electrons. The number of benzene rings is 6. The molecule has 0 atom stereocenters. The molecular weight excluding hydrogens is 488 g/mol. The van der Waals surface area contributed by atoms with Gasteiger partial charge in [0.05, 0.1) is 16.7 Å². The summed E-state index contributed by atoms with van der Waals surface area (Å²) in [6, 6.07) is 46.9. The van der Waals surface area contributed by atoms with Gasteiger partial charge in [0, 0.05) is 32.5 Å². The van der Waals surface area contributed by atoms with Gasteiger partial charge in [-0.15, -0.1) is 0 Å². The van der Waals surface area contributed by atoms with Crippen LogP contribution >= 0.6 is 0 Å². The first kappa shape index (κ1) is 21.5. The molecule has 40 heavy (non-hydrogen) atoms. The van der Waals surface area contributed by atoms with Crippen LogP contribution in [-0.4, -0.2) is 9.55 Å². The van der Waals surface area contributed by atoms with E-state index in [2.05, 4.69) is 126 Å². The second-order valence-electron chi connectivity index (χ2n) is 10.3. The van der Waals surface area contributed by atoms with Crippen LogP contribution in [0, 0.1) is 0 Å². The zero-order valence-corrected chi connectivity index (χ0v) is 21.5. The van der Waals surface area contributed by atoms with E-state index < -0.39 is 0 Å². The summed E-state index contributed by atoms with van der Waals surface area (Å²) in [6.45, 7) is 0. The SMILES string of the molecule is c1ccc(-c2nc(-n3c4ccccc4c4c5ccccc5c5c6ccccc6oc5c43)cc3ccccc23)cc1. The minimum atomic E-state index is 0.876. The van der Waals surface area contributed by atoms with Crippen molar-refractivity contribution in [2.45, 2.75) is 0 Å². The van der Waals surface area contributed by atoms with Gasteiger partial charge in [0.1, 0.15) is 11.4 Å². The van der Waals surface area contributed by atoms with E-state index in [1.807, 2.05) is 12.1 Å². The van der Waals surface area contributed by atoms with Crippen LogP contribution in [0.15, 0.2) is 138 Å². The number of pyridine rings is 1. The minimum absolute atomic E-state index is 0.876. The lowest BCUT2D eigenvalue weighted by molar-refractivity contribution is 0.671. The molecular formula is C37H22N2O. The molecule has 0 aliphatic carbocycles. The maximum absolute atomic E-state index is 6.72. The fraction of sp³-hybridized carbons (Fsp3) is 0. The van der Waals surface area contributed by atoms with E-state index in [1.54, 1.807) is 0 Å². The van der Waals surface area contributed by atoms with Gasteiger partial charge < -0.3 is 4.42 Å². The van der Waals surface area contributed by atoms with Crippen molar-refractivity contribution in [2.24, 2.45) is 0 Å². The molecule has 0 aliphatic heterocycles. The van der Waals surface area contributed by atoms with E-state index in [0.717, 1.165) is 60.8 Å². The van der Waals surface area contributed by atoms with Gasteiger partial charge in [-0.3, -0.25) is 4.57 Å². The summed E-state index contributed by atoms with van der Waals surface area (Å²) in [5.74, 6) is 0.876. The fourth-order valence-corrected chi connectivity index (χ4v) is 6.48. The fourth-order valence-electron chi connectivity index (χ4n) is 6.48. The van der Waals surface area contributed by atoms with Crippen LogP contribution in [0.25, 0.3) is 82.4 Å². The van der Waals surface area contributed by atoms with Crippen molar-refractivity contribution in [2.75, 3.05) is 0 Å². The van der Waals surface area contributed by atoms with E-state index in [4.69, 9.17) is 9.40 Å². The normalized spacial score (nSPS) is 12.0. The third-order valence-electron chi connectivity index (χ3n) is 8.15. The standard InChI is InChI=1S/C37H22N2O/c1-2-12-23(13-3-1)35-25-15-5-4-14-24(25)22-32(38-35)39-30-20-10-8-18-28(30)33-26-16-6-7-17-27(26)34-29-19-9-11-21-31(29)40-37(34)36(33)39/h1-22H. The zero-order valence-electron chi connectivity index (χ0n) is 21.5. The van der Waals surface area contributed by atoms with Gasteiger partial charge >= 0.3 is 0 Å². The van der Waals surface area contributed by atoms with Crippen LogP contribution in [0.2, 0.25) is 0 Å². The van der Waals surface area contributed by atoms with E-state index in [1.165, 1.54) is 21.5 Å².